The molecule has 0 unspecified atom stereocenters. The maximum atomic E-state index is 13.2. The lowest BCUT2D eigenvalue weighted by Gasteiger charge is -2.28. The average molecular weight is 549 g/mol. The highest BCUT2D eigenvalue weighted by Gasteiger charge is 2.22. The first kappa shape index (κ1) is 31.8. The number of carbonyl (C=O) groups excluding carboxylic acids is 1. The maximum absolute atomic E-state index is 13.2. The Morgan fingerprint density at radius 3 is 2.20 bits per heavy atom. The minimum atomic E-state index is -0.406. The van der Waals surface area contributed by atoms with Crippen molar-refractivity contribution in [1.82, 2.24) is 0 Å². The first-order valence-electron chi connectivity index (χ1n) is 16.0. The Morgan fingerprint density at radius 2 is 1.48 bits per heavy atom. The zero-order chi connectivity index (χ0) is 28.4. The number of unbranched alkanes of at least 4 members (excludes halogenated alkanes) is 7. The van der Waals surface area contributed by atoms with E-state index in [9.17, 15) is 4.79 Å². The average Bonchev–Trinajstić information content (AvgIpc) is 2.97. The van der Waals surface area contributed by atoms with E-state index < -0.39 is 5.97 Å². The lowest BCUT2D eigenvalue weighted by atomic mass is 9.77. The van der Waals surface area contributed by atoms with Crippen molar-refractivity contribution >= 4 is 5.97 Å². The zero-order valence-corrected chi connectivity index (χ0v) is 25.1. The zero-order valence-electron chi connectivity index (χ0n) is 25.1. The molecule has 0 aliphatic heterocycles. The van der Waals surface area contributed by atoms with E-state index in [2.05, 4.69) is 32.6 Å². The van der Waals surface area contributed by atoms with Gasteiger partial charge >= 0.3 is 5.97 Å². The summed E-state index contributed by atoms with van der Waals surface area (Å²) in [7, 11) is 0. The number of hydrogen-bond acceptors (Lipinski definition) is 4. The molecule has 40 heavy (non-hydrogen) atoms. The molecule has 0 bridgehead atoms. The van der Waals surface area contributed by atoms with Gasteiger partial charge in [-0.1, -0.05) is 77.0 Å². The molecule has 1 saturated carbocycles. The molecule has 0 amide bonds. The van der Waals surface area contributed by atoms with Gasteiger partial charge in [-0.05, 0) is 93.0 Å². The molecule has 3 rings (SSSR count). The molecule has 2 aromatic carbocycles. The molecular weight excluding hydrogens is 496 g/mol. The van der Waals surface area contributed by atoms with Crippen molar-refractivity contribution in [3.05, 3.63) is 66.2 Å². The Kier molecular flexibility index (Phi) is 14.8. The smallest absolute Gasteiger partial charge is 0.347 e. The summed E-state index contributed by atoms with van der Waals surface area (Å²) in [5, 5.41) is 0. The van der Waals surface area contributed by atoms with Crippen LogP contribution in [-0.2, 0) is 0 Å². The maximum Gasteiger partial charge on any atom is 0.347 e. The molecule has 4 nitrogen and oxygen atoms in total. The molecule has 220 valence electrons. The highest BCUT2D eigenvalue weighted by molar-refractivity contribution is 5.94. The van der Waals surface area contributed by atoms with Crippen LogP contribution >= 0.6 is 0 Å². The van der Waals surface area contributed by atoms with E-state index in [1.807, 2.05) is 30.3 Å². The third-order valence-electron chi connectivity index (χ3n) is 8.11. The van der Waals surface area contributed by atoms with E-state index in [1.54, 1.807) is 6.07 Å². The summed E-state index contributed by atoms with van der Waals surface area (Å²) in [5.74, 6) is 2.91. The van der Waals surface area contributed by atoms with Crippen LogP contribution in [0.4, 0.5) is 0 Å². The van der Waals surface area contributed by atoms with Crippen LogP contribution in [0.2, 0.25) is 0 Å². The second kappa shape index (κ2) is 18.6. The van der Waals surface area contributed by atoms with Gasteiger partial charge in [0.05, 0.1) is 13.2 Å². The summed E-state index contributed by atoms with van der Waals surface area (Å²) < 4.78 is 17.9. The van der Waals surface area contributed by atoms with Gasteiger partial charge in [-0.25, -0.2) is 4.79 Å². The number of ether oxygens (including phenoxy) is 3. The van der Waals surface area contributed by atoms with Crippen molar-refractivity contribution in [1.29, 1.82) is 0 Å². The fraction of sp³-hybridized carbons (Fsp3) is 0.583. The van der Waals surface area contributed by atoms with E-state index >= 15 is 0 Å². The van der Waals surface area contributed by atoms with Crippen LogP contribution in [0.3, 0.4) is 0 Å². The second-order valence-corrected chi connectivity index (χ2v) is 11.4. The predicted octanol–water partition coefficient (Wildman–Crippen LogP) is 10.5. The molecule has 0 spiro atoms. The van der Waals surface area contributed by atoms with Crippen molar-refractivity contribution in [2.24, 2.45) is 5.92 Å². The Hall–Kier alpha value is -2.75. The lowest BCUT2D eigenvalue weighted by molar-refractivity contribution is 0.0730. The summed E-state index contributed by atoms with van der Waals surface area (Å²) in [5.41, 5.74) is 1.78. The Morgan fingerprint density at radius 1 is 0.800 bits per heavy atom. The lowest BCUT2D eigenvalue weighted by Crippen LogP contribution is -2.13. The van der Waals surface area contributed by atoms with Crippen LogP contribution in [0.25, 0.3) is 0 Å². The third-order valence-corrected chi connectivity index (χ3v) is 8.11. The van der Waals surface area contributed by atoms with Crippen LogP contribution in [0.1, 0.15) is 132 Å². The number of rotatable bonds is 19. The normalized spacial score (nSPS) is 16.9. The van der Waals surface area contributed by atoms with Gasteiger partial charge in [0.1, 0.15) is 22.8 Å². The van der Waals surface area contributed by atoms with E-state index in [-0.39, 0.29) is 0 Å². The molecule has 0 N–H and O–H groups in total. The summed E-state index contributed by atoms with van der Waals surface area (Å²) in [6.07, 6.45) is 19.9. The first-order chi connectivity index (χ1) is 19.6. The largest absolute Gasteiger partial charge is 0.493 e. The number of esters is 1. The van der Waals surface area contributed by atoms with Crippen molar-refractivity contribution in [3.8, 4) is 17.2 Å². The fourth-order valence-corrected chi connectivity index (χ4v) is 5.69. The van der Waals surface area contributed by atoms with Crippen LogP contribution < -0.4 is 14.2 Å². The van der Waals surface area contributed by atoms with Crippen molar-refractivity contribution in [2.75, 3.05) is 13.2 Å². The first-order valence-corrected chi connectivity index (χ1v) is 16.0. The number of allylic oxidation sites excluding steroid dienone is 1. The molecule has 0 saturated heterocycles. The quantitative estimate of drug-likeness (QED) is 0.0758. The van der Waals surface area contributed by atoms with E-state index in [0.29, 0.717) is 36.2 Å². The Labute approximate surface area is 243 Å². The molecule has 2 aromatic rings. The molecule has 1 aliphatic rings. The molecule has 0 atom stereocenters. The fourth-order valence-electron chi connectivity index (χ4n) is 5.69. The Bertz CT molecular complexity index is 988. The third kappa shape index (κ3) is 11.0. The number of carbonyl (C=O) groups is 1. The van der Waals surface area contributed by atoms with Crippen molar-refractivity contribution in [2.45, 2.75) is 116 Å². The molecule has 0 radical (unpaired) electrons. The van der Waals surface area contributed by atoms with Gasteiger partial charge in [-0.3, -0.25) is 0 Å². The second-order valence-electron chi connectivity index (χ2n) is 11.4. The van der Waals surface area contributed by atoms with Crippen molar-refractivity contribution in [3.63, 3.8) is 0 Å². The molecule has 0 aromatic heterocycles. The minimum Gasteiger partial charge on any atom is -0.493 e. The van der Waals surface area contributed by atoms with Gasteiger partial charge in [0, 0.05) is 6.07 Å². The van der Waals surface area contributed by atoms with Gasteiger partial charge in [-0.15, -0.1) is 6.58 Å². The molecular formula is C36H52O4. The van der Waals surface area contributed by atoms with Gasteiger partial charge in [0.2, 0.25) is 0 Å². The number of hydrogen-bond donors (Lipinski definition) is 0. The molecule has 0 heterocycles. The Balaban J connectivity index is 1.57. The van der Waals surface area contributed by atoms with E-state index in [4.69, 9.17) is 14.2 Å². The standard InChI is InChI=1S/C36H52O4/c1-4-7-9-11-12-14-26-38-33-24-25-34(35(28-33)39-27-13-10-8-5-2)36(37)40-32-22-20-31(21-23-32)30-18-16-29(15-6-3)17-19-30/h5,20-25,28-30H,2,4,6-19,26-27H2,1,3H3. The van der Waals surface area contributed by atoms with Crippen LogP contribution in [0.15, 0.2) is 55.1 Å². The molecule has 4 heteroatoms. The van der Waals surface area contributed by atoms with Gasteiger partial charge < -0.3 is 14.2 Å². The van der Waals surface area contributed by atoms with Crippen LogP contribution in [0, 0.1) is 5.92 Å². The van der Waals surface area contributed by atoms with Crippen LogP contribution in [0.5, 0.6) is 17.2 Å². The number of benzene rings is 2. The predicted molar refractivity (Wildman–Crippen MR) is 166 cm³/mol. The summed E-state index contributed by atoms with van der Waals surface area (Å²) in [4.78, 5) is 13.2. The summed E-state index contributed by atoms with van der Waals surface area (Å²) in [6, 6.07) is 13.6. The van der Waals surface area contributed by atoms with Crippen molar-refractivity contribution < 1.29 is 19.0 Å². The SMILES string of the molecule is C=CCCCCOc1cc(OCCCCCCCC)ccc1C(=O)Oc1ccc(C2CCC(CCC)CC2)cc1. The van der Waals surface area contributed by atoms with Gasteiger partial charge in [-0.2, -0.15) is 0 Å². The van der Waals surface area contributed by atoms with E-state index in [0.717, 1.165) is 37.4 Å². The highest BCUT2D eigenvalue weighted by atomic mass is 16.5. The van der Waals surface area contributed by atoms with Crippen LogP contribution in [-0.4, -0.2) is 19.2 Å². The summed E-state index contributed by atoms with van der Waals surface area (Å²) >= 11 is 0. The molecule has 1 aliphatic carbocycles. The minimum absolute atomic E-state index is 0.406. The topological polar surface area (TPSA) is 44.8 Å². The van der Waals surface area contributed by atoms with Gasteiger partial charge in [0.15, 0.2) is 0 Å². The summed E-state index contributed by atoms with van der Waals surface area (Å²) in [6.45, 7) is 9.50. The van der Waals surface area contributed by atoms with E-state index in [1.165, 1.54) is 76.2 Å². The monoisotopic (exact) mass is 548 g/mol. The molecule has 1 fully saturated rings. The van der Waals surface area contributed by atoms with Gasteiger partial charge in [0.25, 0.3) is 0 Å². The highest BCUT2D eigenvalue weighted by Crippen LogP contribution is 2.38.